The molecule has 1 aliphatic heterocycles. The van der Waals surface area contributed by atoms with Gasteiger partial charge in [0.2, 0.25) is 0 Å². The van der Waals surface area contributed by atoms with Gasteiger partial charge in [-0.3, -0.25) is 0 Å². The van der Waals surface area contributed by atoms with Crippen molar-refractivity contribution in [1.82, 2.24) is 0 Å². The van der Waals surface area contributed by atoms with E-state index in [-0.39, 0.29) is 13.0 Å². The smallest absolute Gasteiger partial charge is 0.197 e. The molecule has 1 fully saturated rings. The molecule has 0 amide bonds. The Morgan fingerprint density at radius 2 is 2.46 bits per heavy atom. The van der Waals surface area contributed by atoms with E-state index in [0.717, 1.165) is 0 Å². The minimum absolute atomic E-state index is 0.111. The highest BCUT2D eigenvalue weighted by Gasteiger charge is 2.44. The number of aliphatic hydroxyl groups is 2. The van der Waals surface area contributed by atoms with Crippen molar-refractivity contribution >= 4 is 0 Å². The lowest BCUT2D eigenvalue weighted by Gasteiger charge is -2.17. The molecular formula is C6H10FN3O3. The second kappa shape index (κ2) is 3.89. The quantitative estimate of drug-likeness (QED) is 0.376. The first kappa shape index (κ1) is 10.2. The van der Waals surface area contributed by atoms with Gasteiger partial charge in [0.05, 0.1) is 18.8 Å². The lowest BCUT2D eigenvalue weighted by molar-refractivity contribution is -0.199. The molecule has 1 unspecified atom stereocenters. The number of hydrogen-bond acceptors (Lipinski definition) is 4. The van der Waals surface area contributed by atoms with E-state index in [2.05, 4.69) is 10.0 Å². The van der Waals surface area contributed by atoms with Crippen molar-refractivity contribution < 1.29 is 19.3 Å². The molecule has 7 heteroatoms. The van der Waals surface area contributed by atoms with Gasteiger partial charge in [0, 0.05) is 11.3 Å². The van der Waals surface area contributed by atoms with Gasteiger partial charge in [-0.1, -0.05) is 5.11 Å². The van der Waals surface area contributed by atoms with Crippen LogP contribution < -0.4 is 0 Å². The first-order valence-corrected chi connectivity index (χ1v) is 3.76. The Kier molecular flexibility index (Phi) is 3.05. The van der Waals surface area contributed by atoms with Gasteiger partial charge in [0.15, 0.2) is 5.79 Å². The van der Waals surface area contributed by atoms with Crippen LogP contribution in [0.4, 0.5) is 4.39 Å². The molecule has 3 atom stereocenters. The third-order valence-electron chi connectivity index (χ3n) is 1.86. The highest BCUT2D eigenvalue weighted by atomic mass is 19.1. The van der Waals surface area contributed by atoms with E-state index in [1.165, 1.54) is 0 Å². The van der Waals surface area contributed by atoms with Crippen LogP contribution in [-0.4, -0.2) is 41.4 Å². The summed E-state index contributed by atoms with van der Waals surface area (Å²) in [6, 6.07) is 0. The second-order valence-corrected chi connectivity index (χ2v) is 2.92. The maximum atomic E-state index is 12.2. The monoisotopic (exact) mass is 191 g/mol. The molecule has 0 aromatic carbocycles. The van der Waals surface area contributed by atoms with Crippen molar-refractivity contribution in [3.05, 3.63) is 10.4 Å². The molecule has 0 aromatic heterocycles. The summed E-state index contributed by atoms with van der Waals surface area (Å²) >= 11 is 0. The highest BCUT2D eigenvalue weighted by Crippen LogP contribution is 2.29. The van der Waals surface area contributed by atoms with E-state index in [9.17, 15) is 14.6 Å². The number of azide groups is 1. The Balaban J connectivity index is 2.55. The maximum absolute atomic E-state index is 12.2. The van der Waals surface area contributed by atoms with Gasteiger partial charge >= 0.3 is 0 Å². The van der Waals surface area contributed by atoms with E-state index in [1.54, 1.807) is 0 Å². The van der Waals surface area contributed by atoms with E-state index in [0.29, 0.717) is 0 Å². The Morgan fingerprint density at radius 3 is 2.92 bits per heavy atom. The molecule has 0 bridgehead atoms. The van der Waals surface area contributed by atoms with Crippen LogP contribution >= 0.6 is 0 Å². The molecule has 6 nitrogen and oxygen atoms in total. The van der Waals surface area contributed by atoms with Gasteiger partial charge in [-0.2, -0.15) is 0 Å². The number of nitrogens with zero attached hydrogens (tertiary/aromatic N) is 3. The number of hydrogen-bond donors (Lipinski definition) is 2. The predicted octanol–water partition coefficient (Wildman–Crippen LogP) is 0.105. The average Bonchev–Trinajstić information content (AvgIpc) is 2.39. The van der Waals surface area contributed by atoms with Crippen LogP contribution in [-0.2, 0) is 4.74 Å². The molecule has 1 aliphatic rings. The normalized spacial score (nSPS) is 38.7. The molecule has 2 N–H and O–H groups in total. The molecule has 0 aliphatic carbocycles. The SMILES string of the molecule is [N-]=[N+]=NC[C@H]1OC(O)(CF)C[C@@H]1O. The fourth-order valence-electron chi connectivity index (χ4n) is 1.23. The Morgan fingerprint density at radius 1 is 1.77 bits per heavy atom. The molecule has 1 heterocycles. The van der Waals surface area contributed by atoms with Crippen molar-refractivity contribution in [2.45, 2.75) is 24.4 Å². The predicted molar refractivity (Wildman–Crippen MR) is 40.4 cm³/mol. The summed E-state index contributed by atoms with van der Waals surface area (Å²) in [6.07, 6.45) is -2.02. The standard InChI is InChI=1S/C6H10FN3O3/c7-3-6(12)1-4(11)5(13-6)2-9-10-8/h4-5,11-12H,1-3H2/t4-,5+,6?/m0/s1. The zero-order chi connectivity index (χ0) is 9.90. The Labute approximate surface area is 73.6 Å². The van der Waals surface area contributed by atoms with Crippen molar-refractivity contribution in [2.75, 3.05) is 13.2 Å². The zero-order valence-electron chi connectivity index (χ0n) is 6.80. The highest BCUT2D eigenvalue weighted by molar-refractivity contribution is 4.87. The van der Waals surface area contributed by atoms with Crippen LogP contribution in [0.2, 0.25) is 0 Å². The van der Waals surface area contributed by atoms with E-state index >= 15 is 0 Å². The summed E-state index contributed by atoms with van der Waals surface area (Å²) in [4.78, 5) is 2.47. The van der Waals surface area contributed by atoms with Crippen molar-refractivity contribution in [3.63, 3.8) is 0 Å². The summed E-state index contributed by atoms with van der Waals surface area (Å²) < 4.78 is 16.9. The maximum Gasteiger partial charge on any atom is 0.197 e. The first-order chi connectivity index (χ1) is 6.11. The second-order valence-electron chi connectivity index (χ2n) is 2.92. The fraction of sp³-hybridized carbons (Fsp3) is 1.00. The third-order valence-corrected chi connectivity index (χ3v) is 1.86. The topological polar surface area (TPSA) is 98.5 Å². The molecular weight excluding hydrogens is 181 g/mol. The average molecular weight is 191 g/mol. The number of ether oxygens (including phenoxy) is 1. The summed E-state index contributed by atoms with van der Waals surface area (Å²) in [7, 11) is 0. The number of aliphatic hydroxyl groups excluding tert-OH is 1. The summed E-state index contributed by atoms with van der Waals surface area (Å²) in [5, 5.41) is 21.7. The number of halogens is 1. The summed E-state index contributed by atoms with van der Waals surface area (Å²) in [5.41, 5.74) is 7.98. The molecule has 13 heavy (non-hydrogen) atoms. The molecule has 74 valence electrons. The molecule has 0 spiro atoms. The van der Waals surface area contributed by atoms with Crippen LogP contribution in [0.15, 0.2) is 5.11 Å². The molecule has 0 radical (unpaired) electrons. The van der Waals surface area contributed by atoms with Crippen LogP contribution in [0.1, 0.15) is 6.42 Å². The first-order valence-electron chi connectivity index (χ1n) is 3.76. The fourth-order valence-corrected chi connectivity index (χ4v) is 1.23. The lowest BCUT2D eigenvalue weighted by Crippen LogP contribution is -2.31. The van der Waals surface area contributed by atoms with E-state index in [4.69, 9.17) is 10.3 Å². The summed E-state index contributed by atoms with van der Waals surface area (Å²) in [6.45, 7) is -1.20. The minimum Gasteiger partial charge on any atom is -0.390 e. The lowest BCUT2D eigenvalue weighted by atomic mass is 10.1. The van der Waals surface area contributed by atoms with Crippen LogP contribution in [0.5, 0.6) is 0 Å². The van der Waals surface area contributed by atoms with E-state index < -0.39 is 24.7 Å². The van der Waals surface area contributed by atoms with E-state index in [1.807, 2.05) is 0 Å². The largest absolute Gasteiger partial charge is 0.390 e. The van der Waals surface area contributed by atoms with Gasteiger partial charge in [-0.15, -0.1) is 0 Å². The molecule has 0 aromatic rings. The molecule has 1 saturated heterocycles. The van der Waals surface area contributed by atoms with Crippen molar-refractivity contribution in [3.8, 4) is 0 Å². The summed E-state index contributed by atoms with van der Waals surface area (Å²) in [5.74, 6) is -1.92. The van der Waals surface area contributed by atoms with Crippen LogP contribution in [0.25, 0.3) is 10.4 Å². The van der Waals surface area contributed by atoms with Gasteiger partial charge in [-0.25, -0.2) is 4.39 Å². The Hall–Kier alpha value is -0.880. The molecule has 0 saturated carbocycles. The van der Waals surface area contributed by atoms with Gasteiger partial charge in [0.25, 0.3) is 0 Å². The van der Waals surface area contributed by atoms with Crippen LogP contribution in [0.3, 0.4) is 0 Å². The minimum atomic E-state index is -1.92. The molecule has 1 rings (SSSR count). The van der Waals surface area contributed by atoms with Crippen LogP contribution in [0, 0.1) is 0 Å². The van der Waals surface area contributed by atoms with Gasteiger partial charge in [0.1, 0.15) is 6.67 Å². The number of alkyl halides is 1. The zero-order valence-corrected chi connectivity index (χ0v) is 6.80. The number of rotatable bonds is 3. The van der Waals surface area contributed by atoms with Gasteiger partial charge in [-0.05, 0) is 5.53 Å². The van der Waals surface area contributed by atoms with Crippen molar-refractivity contribution in [2.24, 2.45) is 5.11 Å². The Bertz CT molecular complexity index is 233. The van der Waals surface area contributed by atoms with Gasteiger partial charge < -0.3 is 14.9 Å². The van der Waals surface area contributed by atoms with Crippen molar-refractivity contribution in [1.29, 1.82) is 0 Å². The third kappa shape index (κ3) is 2.28.